The van der Waals surface area contributed by atoms with Crippen LogP contribution in [0.1, 0.15) is 12.1 Å². The molecule has 1 aromatic heterocycles. The van der Waals surface area contributed by atoms with Crippen molar-refractivity contribution in [3.05, 3.63) is 29.8 Å². The molecular weight excluding hydrogens is 143 g/mol. The van der Waals surface area contributed by atoms with Crippen LogP contribution in [0.5, 0.6) is 0 Å². The molecule has 0 atom stereocenters. The van der Waals surface area contributed by atoms with Crippen LogP contribution in [-0.4, -0.2) is 4.98 Å². The standard InChI is InChI=1S/C6H3F3N/c7-4-2-1-3-10-5(4)6(8)9/h1-2,6H. The second-order valence-corrected chi connectivity index (χ2v) is 1.61. The lowest BCUT2D eigenvalue weighted by Gasteiger charge is -1.96. The van der Waals surface area contributed by atoms with Crippen LogP contribution in [0.3, 0.4) is 0 Å². The molecule has 0 aliphatic carbocycles. The molecule has 1 radical (unpaired) electrons. The molecule has 0 amide bonds. The van der Waals surface area contributed by atoms with E-state index in [1.54, 1.807) is 0 Å². The van der Waals surface area contributed by atoms with Crippen molar-refractivity contribution in [1.82, 2.24) is 4.98 Å². The van der Waals surface area contributed by atoms with Gasteiger partial charge in [0.1, 0.15) is 5.69 Å². The molecule has 1 heterocycles. The van der Waals surface area contributed by atoms with E-state index in [-0.39, 0.29) is 0 Å². The highest BCUT2D eigenvalue weighted by Gasteiger charge is 2.12. The summed E-state index contributed by atoms with van der Waals surface area (Å²) in [4.78, 5) is 3.03. The summed E-state index contributed by atoms with van der Waals surface area (Å²) < 4.78 is 35.7. The van der Waals surface area contributed by atoms with Gasteiger partial charge in [-0.3, -0.25) is 0 Å². The third-order valence-corrected chi connectivity index (χ3v) is 0.941. The summed E-state index contributed by atoms with van der Waals surface area (Å²) in [6.07, 6.45) is -0.750. The Balaban J connectivity index is 3.03. The summed E-state index contributed by atoms with van der Waals surface area (Å²) in [6.45, 7) is 0. The van der Waals surface area contributed by atoms with Crippen LogP contribution in [0.15, 0.2) is 12.1 Å². The maximum Gasteiger partial charge on any atom is 0.283 e. The van der Waals surface area contributed by atoms with Gasteiger partial charge in [-0.15, -0.1) is 0 Å². The zero-order valence-corrected chi connectivity index (χ0v) is 4.81. The first-order chi connectivity index (χ1) is 4.72. The topological polar surface area (TPSA) is 12.9 Å². The highest BCUT2D eigenvalue weighted by Crippen LogP contribution is 2.17. The lowest BCUT2D eigenvalue weighted by atomic mass is 10.3. The van der Waals surface area contributed by atoms with Gasteiger partial charge in [0.25, 0.3) is 6.43 Å². The van der Waals surface area contributed by atoms with Crippen molar-refractivity contribution in [3.8, 4) is 0 Å². The van der Waals surface area contributed by atoms with Gasteiger partial charge in [0, 0.05) is 0 Å². The van der Waals surface area contributed by atoms with Crippen LogP contribution in [0.4, 0.5) is 13.2 Å². The van der Waals surface area contributed by atoms with Crippen LogP contribution in [0.2, 0.25) is 0 Å². The van der Waals surface area contributed by atoms with Gasteiger partial charge in [-0.2, -0.15) is 0 Å². The molecule has 1 nitrogen and oxygen atoms in total. The lowest BCUT2D eigenvalue weighted by Crippen LogP contribution is -1.93. The molecule has 1 aromatic rings. The number of nitrogens with zero attached hydrogens (tertiary/aromatic N) is 1. The number of hydrogen-bond donors (Lipinski definition) is 0. The molecular formula is C6H3F3N. The van der Waals surface area contributed by atoms with Gasteiger partial charge in [0.05, 0.1) is 6.20 Å². The molecule has 0 aliphatic heterocycles. The van der Waals surface area contributed by atoms with E-state index in [9.17, 15) is 13.2 Å². The molecule has 0 spiro atoms. The zero-order valence-electron chi connectivity index (χ0n) is 4.81. The average Bonchev–Trinajstić information content (AvgIpc) is 1.88. The number of alkyl halides is 2. The van der Waals surface area contributed by atoms with Crippen molar-refractivity contribution in [2.75, 3.05) is 0 Å². The van der Waals surface area contributed by atoms with E-state index in [0.29, 0.717) is 0 Å². The molecule has 0 N–H and O–H groups in total. The molecule has 10 heavy (non-hydrogen) atoms. The SMILES string of the molecule is Fc1cc[c]nc1C(F)F. The molecule has 0 aromatic carbocycles. The van der Waals surface area contributed by atoms with Gasteiger partial charge in [-0.1, -0.05) is 0 Å². The van der Waals surface area contributed by atoms with Gasteiger partial charge >= 0.3 is 0 Å². The molecule has 0 saturated heterocycles. The monoisotopic (exact) mass is 146 g/mol. The summed E-state index contributed by atoms with van der Waals surface area (Å²) in [5.74, 6) is -0.992. The van der Waals surface area contributed by atoms with Crippen molar-refractivity contribution >= 4 is 0 Å². The van der Waals surface area contributed by atoms with Gasteiger partial charge in [0.15, 0.2) is 5.82 Å². The van der Waals surface area contributed by atoms with E-state index >= 15 is 0 Å². The fourth-order valence-electron chi connectivity index (χ4n) is 0.509. The summed E-state index contributed by atoms with van der Waals surface area (Å²) in [7, 11) is 0. The molecule has 0 unspecified atom stereocenters. The Bertz CT molecular complexity index is 224. The van der Waals surface area contributed by atoms with Crippen molar-refractivity contribution in [2.24, 2.45) is 0 Å². The van der Waals surface area contributed by atoms with E-state index < -0.39 is 17.9 Å². The Hall–Kier alpha value is -1.06. The van der Waals surface area contributed by atoms with Gasteiger partial charge in [-0.25, -0.2) is 18.2 Å². The number of aromatic nitrogens is 1. The van der Waals surface area contributed by atoms with E-state index in [1.165, 1.54) is 0 Å². The fourth-order valence-corrected chi connectivity index (χ4v) is 0.509. The highest BCUT2D eigenvalue weighted by molar-refractivity contribution is 5.06. The van der Waals surface area contributed by atoms with E-state index in [4.69, 9.17) is 0 Å². The Labute approximate surface area is 55.5 Å². The lowest BCUT2D eigenvalue weighted by molar-refractivity contribution is 0.140. The first-order valence-electron chi connectivity index (χ1n) is 2.52. The van der Waals surface area contributed by atoms with Crippen molar-refractivity contribution in [2.45, 2.75) is 6.43 Å². The number of hydrogen-bond acceptors (Lipinski definition) is 1. The minimum atomic E-state index is -2.86. The van der Waals surface area contributed by atoms with Crippen molar-refractivity contribution < 1.29 is 13.2 Å². The third kappa shape index (κ3) is 1.26. The minimum Gasteiger partial charge on any atom is -0.242 e. The van der Waals surface area contributed by atoms with E-state index in [1.807, 2.05) is 0 Å². The Morgan fingerprint density at radius 3 is 2.60 bits per heavy atom. The summed E-state index contributed by atoms with van der Waals surface area (Å²) in [6, 6.07) is 2.04. The minimum absolute atomic E-state index is 0.845. The molecule has 0 fully saturated rings. The Morgan fingerprint density at radius 2 is 2.20 bits per heavy atom. The van der Waals surface area contributed by atoms with Gasteiger partial charge in [0.2, 0.25) is 0 Å². The van der Waals surface area contributed by atoms with Crippen LogP contribution in [0.25, 0.3) is 0 Å². The smallest absolute Gasteiger partial charge is 0.242 e. The summed E-state index contributed by atoms with van der Waals surface area (Å²) in [5, 5.41) is 0. The normalized spacial score (nSPS) is 10.4. The third-order valence-electron chi connectivity index (χ3n) is 0.941. The first-order valence-corrected chi connectivity index (χ1v) is 2.52. The first kappa shape index (κ1) is 7.05. The van der Waals surface area contributed by atoms with Crippen molar-refractivity contribution in [1.29, 1.82) is 0 Å². The molecule has 4 heteroatoms. The Morgan fingerprint density at radius 1 is 1.50 bits per heavy atom. The number of pyridine rings is 1. The van der Waals surface area contributed by atoms with E-state index in [0.717, 1.165) is 12.1 Å². The van der Waals surface area contributed by atoms with Crippen LogP contribution in [0, 0.1) is 12.0 Å². The molecule has 1 rings (SSSR count). The summed E-state index contributed by atoms with van der Waals surface area (Å²) in [5.41, 5.74) is -0.845. The maximum atomic E-state index is 12.3. The average molecular weight is 146 g/mol. The molecule has 0 bridgehead atoms. The fraction of sp³-hybridized carbons (Fsp3) is 0.167. The quantitative estimate of drug-likeness (QED) is 0.590. The predicted octanol–water partition coefficient (Wildman–Crippen LogP) is 1.96. The highest BCUT2D eigenvalue weighted by atomic mass is 19.3. The maximum absolute atomic E-state index is 12.3. The van der Waals surface area contributed by atoms with Gasteiger partial charge in [-0.05, 0) is 12.1 Å². The number of halogens is 3. The van der Waals surface area contributed by atoms with Crippen LogP contribution < -0.4 is 0 Å². The number of rotatable bonds is 1. The molecule has 0 saturated carbocycles. The molecule has 53 valence electrons. The van der Waals surface area contributed by atoms with Crippen LogP contribution in [-0.2, 0) is 0 Å². The predicted molar refractivity (Wildman–Crippen MR) is 28.0 cm³/mol. The van der Waals surface area contributed by atoms with E-state index in [2.05, 4.69) is 11.2 Å². The van der Waals surface area contributed by atoms with Crippen LogP contribution >= 0.6 is 0 Å². The second-order valence-electron chi connectivity index (χ2n) is 1.61. The Kier molecular flexibility index (Phi) is 1.89. The van der Waals surface area contributed by atoms with Gasteiger partial charge < -0.3 is 0 Å². The second kappa shape index (κ2) is 2.68. The zero-order chi connectivity index (χ0) is 7.56. The summed E-state index contributed by atoms with van der Waals surface area (Å²) >= 11 is 0. The molecule has 0 aliphatic rings. The van der Waals surface area contributed by atoms with Crippen molar-refractivity contribution in [3.63, 3.8) is 0 Å². The largest absolute Gasteiger partial charge is 0.283 e.